The number of nitrogens with two attached hydrogens (primary N) is 1. The molecule has 0 spiro atoms. The number of amides is 1. The molecule has 0 aromatic carbocycles. The Kier molecular flexibility index (Phi) is 6.40. The molecule has 1 amide bonds. The Bertz CT molecular complexity index is 939. The quantitative estimate of drug-likeness (QED) is 0.373. The lowest BCUT2D eigenvalue weighted by atomic mass is 9.93. The van der Waals surface area contributed by atoms with Crippen LogP contribution in [-0.4, -0.2) is 47.0 Å². The molecule has 2 heterocycles. The molecule has 1 aliphatic carbocycles. The van der Waals surface area contributed by atoms with Crippen molar-refractivity contribution >= 4 is 28.8 Å². The summed E-state index contributed by atoms with van der Waals surface area (Å²) in [5.41, 5.74) is 5.74. The van der Waals surface area contributed by atoms with E-state index in [0.717, 1.165) is 25.7 Å². The number of nitrogen functional groups attached to an aromatic ring is 1. The van der Waals surface area contributed by atoms with Gasteiger partial charge in [0.15, 0.2) is 5.76 Å². The first-order valence-electron chi connectivity index (χ1n) is 9.99. The molecule has 0 radical (unpaired) electrons. The standard InChI is InChI=1S/C21H28N4O5/c1-21(2,3)30-17(26)11-28-15-6-4-14(5-7-15)25-19(27)16-9-12-8-13(18(22)23)10-24-20(12)29-16/h8-10,14-15H,4-7,11H2,1-3H3,(H3,22,23)(H,25,27). The number of amidine groups is 1. The van der Waals surface area contributed by atoms with Gasteiger partial charge < -0.3 is 24.9 Å². The monoisotopic (exact) mass is 416 g/mol. The van der Waals surface area contributed by atoms with Gasteiger partial charge in [0.1, 0.15) is 18.0 Å². The van der Waals surface area contributed by atoms with E-state index in [4.69, 9.17) is 25.0 Å². The lowest BCUT2D eigenvalue weighted by Crippen LogP contribution is -2.39. The lowest BCUT2D eigenvalue weighted by molar-refractivity contribution is -0.162. The molecule has 1 aliphatic rings. The molecule has 9 heteroatoms. The van der Waals surface area contributed by atoms with Crippen LogP contribution in [0.15, 0.2) is 22.7 Å². The van der Waals surface area contributed by atoms with E-state index in [1.807, 2.05) is 20.8 Å². The molecule has 4 N–H and O–H groups in total. The van der Waals surface area contributed by atoms with Gasteiger partial charge in [0, 0.05) is 23.2 Å². The van der Waals surface area contributed by atoms with Gasteiger partial charge in [0.2, 0.25) is 5.71 Å². The third kappa shape index (κ3) is 5.79. The number of esters is 1. The second-order valence-electron chi connectivity index (χ2n) is 8.49. The van der Waals surface area contributed by atoms with Crippen LogP contribution in [0, 0.1) is 5.41 Å². The Morgan fingerprint density at radius 1 is 1.27 bits per heavy atom. The molecule has 0 atom stereocenters. The van der Waals surface area contributed by atoms with Crippen LogP contribution in [0.25, 0.3) is 11.1 Å². The van der Waals surface area contributed by atoms with Crippen LogP contribution in [-0.2, 0) is 14.3 Å². The third-order valence-electron chi connectivity index (χ3n) is 4.77. The zero-order valence-corrected chi connectivity index (χ0v) is 17.5. The molecule has 162 valence electrons. The van der Waals surface area contributed by atoms with Gasteiger partial charge in [0.25, 0.3) is 5.91 Å². The Morgan fingerprint density at radius 3 is 2.60 bits per heavy atom. The number of carbonyl (C=O) groups excluding carboxylic acids is 2. The number of furan rings is 1. The molecule has 30 heavy (non-hydrogen) atoms. The van der Waals surface area contributed by atoms with Gasteiger partial charge in [-0.25, -0.2) is 9.78 Å². The lowest BCUT2D eigenvalue weighted by Gasteiger charge is -2.29. The fourth-order valence-electron chi connectivity index (χ4n) is 3.38. The number of rotatable bonds is 6. The maximum absolute atomic E-state index is 12.5. The first-order chi connectivity index (χ1) is 14.1. The Balaban J connectivity index is 1.48. The number of hydrogen-bond acceptors (Lipinski definition) is 7. The minimum absolute atomic E-state index is 0.00725. The molecular formula is C21H28N4O5. The van der Waals surface area contributed by atoms with Crippen LogP contribution in [0.4, 0.5) is 0 Å². The molecule has 1 fully saturated rings. The summed E-state index contributed by atoms with van der Waals surface area (Å²) in [6.45, 7) is 5.39. The SMILES string of the molecule is CC(C)(C)OC(=O)COC1CCC(NC(=O)c2cc3cc(C(=N)N)cnc3o2)CC1. The van der Waals surface area contributed by atoms with Crippen molar-refractivity contribution in [1.82, 2.24) is 10.3 Å². The Morgan fingerprint density at radius 2 is 1.97 bits per heavy atom. The summed E-state index contributed by atoms with van der Waals surface area (Å²) >= 11 is 0. The number of pyridine rings is 1. The Hall–Kier alpha value is -2.94. The molecule has 2 aromatic heterocycles. The molecule has 2 aromatic rings. The zero-order chi connectivity index (χ0) is 21.9. The van der Waals surface area contributed by atoms with E-state index in [-0.39, 0.29) is 42.2 Å². The van der Waals surface area contributed by atoms with Gasteiger partial charge in [-0.3, -0.25) is 10.2 Å². The van der Waals surface area contributed by atoms with Crippen molar-refractivity contribution in [2.75, 3.05) is 6.61 Å². The van der Waals surface area contributed by atoms with Crippen LogP contribution >= 0.6 is 0 Å². The fourth-order valence-corrected chi connectivity index (χ4v) is 3.38. The minimum Gasteiger partial charge on any atom is -0.458 e. The summed E-state index contributed by atoms with van der Waals surface area (Å²) in [7, 11) is 0. The predicted octanol–water partition coefficient (Wildman–Crippen LogP) is 2.51. The normalized spacial score (nSPS) is 19.4. The Labute approximate surface area is 174 Å². The van der Waals surface area contributed by atoms with Gasteiger partial charge in [0.05, 0.1) is 6.10 Å². The third-order valence-corrected chi connectivity index (χ3v) is 4.77. The van der Waals surface area contributed by atoms with Crippen molar-refractivity contribution in [1.29, 1.82) is 5.41 Å². The van der Waals surface area contributed by atoms with Crippen LogP contribution in [0.1, 0.15) is 62.6 Å². The largest absolute Gasteiger partial charge is 0.458 e. The van der Waals surface area contributed by atoms with Crippen molar-refractivity contribution in [3.8, 4) is 0 Å². The van der Waals surface area contributed by atoms with Gasteiger partial charge in [-0.05, 0) is 58.6 Å². The highest BCUT2D eigenvalue weighted by Gasteiger charge is 2.26. The van der Waals surface area contributed by atoms with Gasteiger partial charge in [-0.2, -0.15) is 0 Å². The average molecular weight is 416 g/mol. The summed E-state index contributed by atoms with van der Waals surface area (Å²) in [4.78, 5) is 28.4. The number of fused-ring (bicyclic) bond motifs is 1. The molecule has 9 nitrogen and oxygen atoms in total. The van der Waals surface area contributed by atoms with Crippen molar-refractivity contribution in [3.05, 3.63) is 29.7 Å². The number of hydrogen-bond donors (Lipinski definition) is 3. The zero-order valence-electron chi connectivity index (χ0n) is 17.5. The van der Waals surface area contributed by atoms with E-state index in [9.17, 15) is 9.59 Å². The molecule has 0 unspecified atom stereocenters. The van der Waals surface area contributed by atoms with E-state index < -0.39 is 5.60 Å². The average Bonchev–Trinajstić information content (AvgIpc) is 3.09. The summed E-state index contributed by atoms with van der Waals surface area (Å²) in [5, 5.41) is 11.1. The smallest absolute Gasteiger partial charge is 0.332 e. The van der Waals surface area contributed by atoms with Gasteiger partial charge in [-0.15, -0.1) is 0 Å². The molecule has 3 rings (SSSR count). The van der Waals surface area contributed by atoms with E-state index in [1.165, 1.54) is 6.20 Å². The van der Waals surface area contributed by atoms with E-state index in [0.29, 0.717) is 16.7 Å². The summed E-state index contributed by atoms with van der Waals surface area (Å²) in [6.07, 6.45) is 4.41. The molecule has 0 aliphatic heterocycles. The summed E-state index contributed by atoms with van der Waals surface area (Å²) in [6, 6.07) is 3.27. The second-order valence-corrected chi connectivity index (χ2v) is 8.49. The van der Waals surface area contributed by atoms with Crippen LogP contribution < -0.4 is 11.1 Å². The van der Waals surface area contributed by atoms with Gasteiger partial charge >= 0.3 is 5.97 Å². The first-order valence-corrected chi connectivity index (χ1v) is 9.99. The topological polar surface area (TPSA) is 141 Å². The van der Waals surface area contributed by atoms with Crippen molar-refractivity contribution in [2.45, 2.75) is 64.2 Å². The highest BCUT2D eigenvalue weighted by atomic mass is 16.6. The molecular weight excluding hydrogens is 388 g/mol. The highest BCUT2D eigenvalue weighted by Crippen LogP contribution is 2.23. The van der Waals surface area contributed by atoms with Crippen molar-refractivity contribution in [3.63, 3.8) is 0 Å². The highest BCUT2D eigenvalue weighted by molar-refractivity contribution is 5.99. The number of carbonyl (C=O) groups is 2. The number of aromatic nitrogens is 1. The van der Waals surface area contributed by atoms with Crippen molar-refractivity contribution < 1.29 is 23.5 Å². The maximum Gasteiger partial charge on any atom is 0.332 e. The minimum atomic E-state index is -0.526. The first kappa shape index (κ1) is 21.8. The van der Waals surface area contributed by atoms with Crippen LogP contribution in [0.3, 0.4) is 0 Å². The van der Waals surface area contributed by atoms with E-state index >= 15 is 0 Å². The van der Waals surface area contributed by atoms with Crippen LogP contribution in [0.5, 0.6) is 0 Å². The predicted molar refractivity (Wildman–Crippen MR) is 110 cm³/mol. The van der Waals surface area contributed by atoms with E-state index in [1.54, 1.807) is 12.1 Å². The number of nitrogens with zero attached hydrogens (tertiary/aromatic N) is 1. The van der Waals surface area contributed by atoms with E-state index in [2.05, 4.69) is 10.3 Å². The molecule has 0 saturated heterocycles. The number of nitrogens with one attached hydrogen (secondary N) is 2. The molecule has 1 saturated carbocycles. The summed E-state index contributed by atoms with van der Waals surface area (Å²) in [5.74, 6) is -0.608. The van der Waals surface area contributed by atoms with Crippen molar-refractivity contribution in [2.24, 2.45) is 5.73 Å². The fraction of sp³-hybridized carbons (Fsp3) is 0.524. The molecule has 0 bridgehead atoms. The summed E-state index contributed by atoms with van der Waals surface area (Å²) < 4.78 is 16.4. The van der Waals surface area contributed by atoms with Crippen LogP contribution in [0.2, 0.25) is 0 Å². The van der Waals surface area contributed by atoms with Gasteiger partial charge in [-0.1, -0.05) is 0 Å². The number of ether oxygens (including phenoxy) is 2. The second kappa shape index (κ2) is 8.83. The maximum atomic E-state index is 12.5.